The predicted octanol–water partition coefficient (Wildman–Crippen LogP) is 4.88. The van der Waals surface area contributed by atoms with Gasteiger partial charge in [-0.1, -0.05) is 72.9 Å². The molecule has 0 aliphatic rings. The molecule has 0 spiro atoms. The van der Waals surface area contributed by atoms with Crippen molar-refractivity contribution in [3.63, 3.8) is 0 Å². The Morgan fingerprint density at radius 1 is 0.923 bits per heavy atom. The average molecular weight is 346 g/mol. The van der Waals surface area contributed by atoms with E-state index in [2.05, 4.69) is 34.0 Å². The molecule has 1 rings (SSSR count). The van der Waals surface area contributed by atoms with Crippen molar-refractivity contribution in [1.29, 1.82) is 0 Å². The summed E-state index contributed by atoms with van der Waals surface area (Å²) in [7, 11) is 4.03. The van der Waals surface area contributed by atoms with Gasteiger partial charge in [-0.25, -0.2) is 4.85 Å². The number of carboxylic acids is 1. The second-order valence-corrected chi connectivity index (χ2v) is 5.35. The van der Waals surface area contributed by atoms with Gasteiger partial charge in [0.25, 0.3) is 5.70 Å². The van der Waals surface area contributed by atoms with Gasteiger partial charge < -0.3 is 10.0 Å². The van der Waals surface area contributed by atoms with Crippen LogP contribution in [0.5, 0.6) is 0 Å². The molecular weight excluding hydrogens is 324 g/mol. The molecule has 1 N–H and O–H groups in total. The van der Waals surface area contributed by atoms with Gasteiger partial charge >= 0.3 is 5.97 Å². The van der Waals surface area contributed by atoms with Gasteiger partial charge in [0.05, 0.1) is 6.57 Å². The lowest BCUT2D eigenvalue weighted by molar-refractivity contribution is -0.132. The van der Waals surface area contributed by atoms with Gasteiger partial charge in [-0.05, 0) is 23.8 Å². The van der Waals surface area contributed by atoms with Crippen molar-refractivity contribution in [2.24, 2.45) is 0 Å². The molecule has 0 saturated heterocycles. The Labute approximate surface area is 154 Å². The molecule has 0 amide bonds. The SMILES string of the molecule is [C-]#[N+]C(=CC=CC=CC=CC=CC=Cc1ccc(N(C)C)cc1)C(=O)O. The lowest BCUT2D eigenvalue weighted by Crippen LogP contribution is -2.07. The largest absolute Gasteiger partial charge is 0.486 e. The van der Waals surface area contributed by atoms with Crippen LogP contribution in [0.25, 0.3) is 10.9 Å². The molecule has 0 unspecified atom stereocenters. The lowest BCUT2D eigenvalue weighted by atomic mass is 10.2. The van der Waals surface area contributed by atoms with Gasteiger partial charge in [-0.15, -0.1) is 0 Å². The number of hydrogen-bond donors (Lipinski definition) is 1. The second-order valence-electron chi connectivity index (χ2n) is 5.35. The zero-order valence-corrected chi connectivity index (χ0v) is 14.9. The number of hydrogen-bond acceptors (Lipinski definition) is 2. The van der Waals surface area contributed by atoms with E-state index in [0.29, 0.717) is 0 Å². The third-order valence-corrected chi connectivity index (χ3v) is 3.18. The quantitative estimate of drug-likeness (QED) is 0.414. The molecule has 1 aromatic rings. The molecule has 0 radical (unpaired) electrons. The molecule has 0 aromatic heterocycles. The fourth-order valence-electron chi connectivity index (χ4n) is 1.80. The zero-order chi connectivity index (χ0) is 19.2. The van der Waals surface area contributed by atoms with Crippen molar-refractivity contribution in [2.75, 3.05) is 19.0 Å². The first kappa shape index (κ1) is 20.5. The van der Waals surface area contributed by atoms with E-state index >= 15 is 0 Å². The van der Waals surface area contributed by atoms with Crippen LogP contribution in [0, 0.1) is 6.57 Å². The maximum Gasteiger partial charge on any atom is 0.333 e. The van der Waals surface area contributed by atoms with E-state index in [4.69, 9.17) is 11.7 Å². The Kier molecular flexibility index (Phi) is 9.35. The summed E-state index contributed by atoms with van der Waals surface area (Å²) in [6.45, 7) is 6.70. The molecule has 0 aliphatic heterocycles. The summed E-state index contributed by atoms with van der Waals surface area (Å²) in [5, 5.41) is 8.66. The van der Waals surface area contributed by atoms with Crippen molar-refractivity contribution in [3.05, 3.63) is 108 Å². The van der Waals surface area contributed by atoms with Crippen LogP contribution in [0.2, 0.25) is 0 Å². The van der Waals surface area contributed by atoms with Crippen molar-refractivity contribution in [2.45, 2.75) is 0 Å². The molecule has 0 bridgehead atoms. The smallest absolute Gasteiger partial charge is 0.333 e. The first-order valence-electron chi connectivity index (χ1n) is 7.98. The van der Waals surface area contributed by atoms with Crippen molar-refractivity contribution in [3.8, 4) is 0 Å². The maximum atomic E-state index is 10.6. The van der Waals surface area contributed by atoms with E-state index in [0.717, 1.165) is 5.56 Å². The van der Waals surface area contributed by atoms with Gasteiger partial charge in [0, 0.05) is 19.8 Å². The lowest BCUT2D eigenvalue weighted by Gasteiger charge is -2.11. The third kappa shape index (κ3) is 8.32. The highest BCUT2D eigenvalue weighted by molar-refractivity contribution is 5.88. The standard InChI is InChI=1S/C22H22N2O2/c1-23-21(22(25)26)14-12-10-8-6-4-5-7-9-11-13-19-15-17-20(18-16-19)24(2)3/h4-18H,2-3H3,(H,25,26). The highest BCUT2D eigenvalue weighted by atomic mass is 16.4. The van der Waals surface area contributed by atoms with E-state index in [9.17, 15) is 4.79 Å². The molecule has 26 heavy (non-hydrogen) atoms. The first-order chi connectivity index (χ1) is 12.5. The molecular formula is C22H22N2O2. The summed E-state index contributed by atoms with van der Waals surface area (Å²) in [5.41, 5.74) is 2.00. The zero-order valence-electron chi connectivity index (χ0n) is 14.9. The van der Waals surface area contributed by atoms with Gasteiger partial charge in [0.1, 0.15) is 0 Å². The second kappa shape index (κ2) is 11.9. The van der Waals surface area contributed by atoms with Gasteiger partial charge in [-0.2, -0.15) is 0 Å². The van der Waals surface area contributed by atoms with Crippen LogP contribution in [-0.2, 0) is 4.79 Å². The van der Waals surface area contributed by atoms with E-state index in [1.54, 1.807) is 12.2 Å². The van der Waals surface area contributed by atoms with Crippen LogP contribution >= 0.6 is 0 Å². The Bertz CT molecular complexity index is 800. The molecule has 0 atom stereocenters. The molecule has 1 aromatic carbocycles. The molecule has 0 heterocycles. The molecule has 0 aliphatic carbocycles. The van der Waals surface area contributed by atoms with Crippen LogP contribution in [0.15, 0.2) is 90.7 Å². The van der Waals surface area contributed by atoms with Gasteiger partial charge in [0.2, 0.25) is 0 Å². The predicted molar refractivity (Wildman–Crippen MR) is 109 cm³/mol. The number of rotatable bonds is 8. The summed E-state index contributed by atoms with van der Waals surface area (Å²) < 4.78 is 0. The molecule has 4 heteroatoms. The van der Waals surface area contributed by atoms with Crippen LogP contribution in [0.1, 0.15) is 5.56 Å². The van der Waals surface area contributed by atoms with E-state index < -0.39 is 5.97 Å². The van der Waals surface area contributed by atoms with Gasteiger partial charge in [-0.3, -0.25) is 4.79 Å². The van der Waals surface area contributed by atoms with Crippen LogP contribution in [0.3, 0.4) is 0 Å². The summed E-state index contributed by atoms with van der Waals surface area (Å²) in [6, 6.07) is 8.30. The Balaban J connectivity index is 2.41. The number of benzene rings is 1. The van der Waals surface area contributed by atoms with Crippen LogP contribution in [-0.4, -0.2) is 25.2 Å². The summed E-state index contributed by atoms with van der Waals surface area (Å²) in [6.07, 6.45) is 19.6. The highest BCUT2D eigenvalue weighted by Crippen LogP contribution is 2.13. The monoisotopic (exact) mass is 346 g/mol. The summed E-state index contributed by atoms with van der Waals surface area (Å²) in [5.74, 6) is -1.22. The number of anilines is 1. The van der Waals surface area contributed by atoms with E-state index in [-0.39, 0.29) is 5.70 Å². The minimum Gasteiger partial charge on any atom is -0.486 e. The number of allylic oxidation sites excluding steroid dienone is 10. The Morgan fingerprint density at radius 2 is 1.42 bits per heavy atom. The molecule has 4 nitrogen and oxygen atoms in total. The minimum atomic E-state index is -1.22. The van der Waals surface area contributed by atoms with Crippen LogP contribution in [0.4, 0.5) is 5.69 Å². The molecule has 0 fully saturated rings. The fraction of sp³-hybridized carbons (Fsp3) is 0.0909. The van der Waals surface area contributed by atoms with E-state index in [1.807, 2.05) is 56.6 Å². The Morgan fingerprint density at radius 3 is 1.88 bits per heavy atom. The number of nitrogens with zero attached hydrogens (tertiary/aromatic N) is 2. The number of carboxylic acid groups (broad SMARTS) is 1. The number of aliphatic carboxylic acids is 1. The minimum absolute atomic E-state index is 0.309. The van der Waals surface area contributed by atoms with Crippen molar-refractivity contribution >= 4 is 17.7 Å². The van der Waals surface area contributed by atoms with E-state index in [1.165, 1.54) is 17.8 Å². The van der Waals surface area contributed by atoms with Crippen molar-refractivity contribution < 1.29 is 9.90 Å². The number of carbonyl (C=O) groups is 1. The average Bonchev–Trinajstić information content (AvgIpc) is 2.62. The highest BCUT2D eigenvalue weighted by Gasteiger charge is 2.02. The summed E-state index contributed by atoms with van der Waals surface area (Å²) >= 11 is 0. The molecule has 0 saturated carbocycles. The first-order valence-corrected chi connectivity index (χ1v) is 7.98. The summed E-state index contributed by atoms with van der Waals surface area (Å²) in [4.78, 5) is 15.6. The van der Waals surface area contributed by atoms with Crippen LogP contribution < -0.4 is 4.90 Å². The topological polar surface area (TPSA) is 44.9 Å². The maximum absolute atomic E-state index is 10.6. The fourth-order valence-corrected chi connectivity index (χ4v) is 1.80. The van der Waals surface area contributed by atoms with Gasteiger partial charge in [0.15, 0.2) is 0 Å². The third-order valence-electron chi connectivity index (χ3n) is 3.18. The normalized spacial score (nSPS) is 12.7. The Hall–Kier alpha value is -3.58. The molecule has 132 valence electrons. The van der Waals surface area contributed by atoms with Crippen molar-refractivity contribution in [1.82, 2.24) is 0 Å².